The maximum Gasteiger partial charge on any atom is 0.184 e. The van der Waals surface area contributed by atoms with E-state index in [1.165, 1.54) is 0 Å². The highest BCUT2D eigenvalue weighted by Crippen LogP contribution is 2.33. The summed E-state index contributed by atoms with van der Waals surface area (Å²) in [6.07, 6.45) is 0. The normalized spacial score (nSPS) is 19.3. The molecule has 3 rings (SSSR count). The number of fused-ring (bicyclic) bond motifs is 3. The zero-order valence-electron chi connectivity index (χ0n) is 8.44. The van der Waals surface area contributed by atoms with E-state index in [1.54, 1.807) is 0 Å². The third-order valence-corrected chi connectivity index (χ3v) is 3.49. The first kappa shape index (κ1) is 9.85. The predicted octanol–water partition coefficient (Wildman–Crippen LogP) is 3.18. The van der Waals surface area contributed by atoms with Crippen LogP contribution in [0.5, 0.6) is 5.75 Å². The average molecular weight is 277 g/mol. The number of benzene rings is 2. The highest BCUT2D eigenvalue weighted by molar-refractivity contribution is 9.10. The van der Waals surface area contributed by atoms with Crippen molar-refractivity contribution in [2.75, 3.05) is 6.61 Å². The smallest absolute Gasteiger partial charge is 0.184 e. The molecule has 0 fully saturated rings. The molecule has 2 aromatic rings. The van der Waals surface area contributed by atoms with Crippen molar-refractivity contribution in [3.05, 3.63) is 42.0 Å². The average Bonchev–Trinajstić information content (AvgIpc) is 2.33. The molecule has 0 amide bonds. The number of carbonyl (C=O) groups is 1. The Morgan fingerprint density at radius 3 is 2.88 bits per heavy atom. The molecule has 0 spiro atoms. The van der Waals surface area contributed by atoms with Gasteiger partial charge in [-0.25, -0.2) is 0 Å². The van der Waals surface area contributed by atoms with Crippen LogP contribution in [0.4, 0.5) is 0 Å². The Bertz CT molecular complexity index is 577. The molecule has 0 aromatic heterocycles. The van der Waals surface area contributed by atoms with Crippen LogP contribution < -0.4 is 4.74 Å². The van der Waals surface area contributed by atoms with Crippen molar-refractivity contribution < 1.29 is 9.53 Å². The molecule has 1 aliphatic rings. The molecule has 3 heteroatoms. The summed E-state index contributed by atoms with van der Waals surface area (Å²) in [4.78, 5) is 11.9. The summed E-state index contributed by atoms with van der Waals surface area (Å²) in [5.74, 6) is 0.803. The molecule has 1 aliphatic heterocycles. The Hall–Kier alpha value is -1.35. The Balaban J connectivity index is 2.36. The fourth-order valence-electron chi connectivity index (χ4n) is 2.02. The summed E-state index contributed by atoms with van der Waals surface area (Å²) >= 11 is 3.33. The Morgan fingerprint density at radius 2 is 2.00 bits per heavy atom. The Morgan fingerprint density at radius 1 is 1.19 bits per heavy atom. The lowest BCUT2D eigenvalue weighted by Gasteiger charge is -2.21. The number of ketones is 1. The topological polar surface area (TPSA) is 26.3 Å². The van der Waals surface area contributed by atoms with Gasteiger partial charge in [0.05, 0.1) is 5.56 Å². The van der Waals surface area contributed by atoms with Crippen LogP contribution in [0.3, 0.4) is 0 Å². The number of carbonyl (C=O) groups excluding carboxylic acids is 1. The van der Waals surface area contributed by atoms with E-state index in [2.05, 4.69) is 15.9 Å². The quantitative estimate of drug-likeness (QED) is 0.691. The fraction of sp³-hybridized carbons (Fsp3) is 0.154. The Kier molecular flexibility index (Phi) is 2.21. The fourth-order valence-corrected chi connectivity index (χ4v) is 2.38. The first-order chi connectivity index (χ1) is 7.77. The van der Waals surface area contributed by atoms with E-state index in [0.717, 1.165) is 10.8 Å². The summed E-state index contributed by atoms with van der Waals surface area (Å²) in [7, 11) is 0. The van der Waals surface area contributed by atoms with E-state index in [9.17, 15) is 4.79 Å². The third kappa shape index (κ3) is 1.35. The molecule has 1 atom stereocenters. The summed E-state index contributed by atoms with van der Waals surface area (Å²) in [6, 6.07) is 11.7. The molecular weight excluding hydrogens is 268 g/mol. The van der Waals surface area contributed by atoms with Crippen molar-refractivity contribution in [2.24, 2.45) is 0 Å². The molecule has 80 valence electrons. The van der Waals surface area contributed by atoms with Gasteiger partial charge in [-0.3, -0.25) is 4.79 Å². The zero-order valence-corrected chi connectivity index (χ0v) is 10.0. The molecule has 0 N–H and O–H groups in total. The first-order valence-corrected chi connectivity index (χ1v) is 6.02. The van der Waals surface area contributed by atoms with Gasteiger partial charge < -0.3 is 4.74 Å². The number of halogens is 1. The zero-order chi connectivity index (χ0) is 11.1. The molecule has 1 heterocycles. The van der Waals surface area contributed by atoms with Crippen molar-refractivity contribution >= 4 is 32.5 Å². The second-order valence-electron chi connectivity index (χ2n) is 3.80. The van der Waals surface area contributed by atoms with Gasteiger partial charge in [-0.1, -0.05) is 46.3 Å². The van der Waals surface area contributed by atoms with E-state index < -0.39 is 0 Å². The standard InChI is InChI=1S/C13H9BrO2/c14-10-7-16-11-6-5-8-3-1-2-4-9(8)12(11)13(10)15/h1-6,10H,7H2/t10-/m1/s1. The van der Waals surface area contributed by atoms with Gasteiger partial charge in [0.1, 0.15) is 17.2 Å². The van der Waals surface area contributed by atoms with Crippen molar-refractivity contribution in [3.63, 3.8) is 0 Å². The number of rotatable bonds is 0. The van der Waals surface area contributed by atoms with Crippen LogP contribution in [-0.4, -0.2) is 17.2 Å². The molecule has 16 heavy (non-hydrogen) atoms. The minimum Gasteiger partial charge on any atom is -0.491 e. The van der Waals surface area contributed by atoms with Crippen molar-refractivity contribution in [3.8, 4) is 5.75 Å². The van der Waals surface area contributed by atoms with Crippen LogP contribution >= 0.6 is 15.9 Å². The summed E-state index contributed by atoms with van der Waals surface area (Å²) in [6.45, 7) is 0.407. The summed E-state index contributed by atoms with van der Waals surface area (Å²) < 4.78 is 5.55. The monoisotopic (exact) mass is 276 g/mol. The maximum absolute atomic E-state index is 12.1. The minimum atomic E-state index is -0.231. The Labute approximate surface area is 101 Å². The van der Waals surface area contributed by atoms with Gasteiger partial charge >= 0.3 is 0 Å². The van der Waals surface area contributed by atoms with Crippen LogP contribution in [-0.2, 0) is 0 Å². The third-order valence-electron chi connectivity index (χ3n) is 2.81. The second kappa shape index (κ2) is 3.59. The van der Waals surface area contributed by atoms with Crippen LogP contribution in [0, 0.1) is 0 Å². The second-order valence-corrected chi connectivity index (χ2v) is 4.91. The number of hydrogen-bond acceptors (Lipinski definition) is 2. The van der Waals surface area contributed by atoms with E-state index in [0.29, 0.717) is 17.9 Å². The van der Waals surface area contributed by atoms with Gasteiger partial charge in [-0.15, -0.1) is 0 Å². The van der Waals surface area contributed by atoms with Crippen LogP contribution in [0.2, 0.25) is 0 Å². The van der Waals surface area contributed by atoms with Gasteiger partial charge in [-0.05, 0) is 16.8 Å². The molecule has 0 aliphatic carbocycles. The SMILES string of the molecule is O=C1c2c(ccc3ccccc23)OC[C@H]1Br. The predicted molar refractivity (Wildman–Crippen MR) is 66.5 cm³/mol. The van der Waals surface area contributed by atoms with Gasteiger partial charge in [0.25, 0.3) is 0 Å². The number of ether oxygens (including phenoxy) is 1. The van der Waals surface area contributed by atoms with Gasteiger partial charge in [0, 0.05) is 0 Å². The molecule has 2 aromatic carbocycles. The van der Waals surface area contributed by atoms with Crippen molar-refractivity contribution in [2.45, 2.75) is 4.83 Å². The van der Waals surface area contributed by atoms with Crippen molar-refractivity contribution in [1.29, 1.82) is 0 Å². The molecule has 2 nitrogen and oxygen atoms in total. The number of Topliss-reactive ketones (excluding diaryl/α,β-unsaturated/α-hetero) is 1. The largest absolute Gasteiger partial charge is 0.491 e. The van der Waals surface area contributed by atoms with Crippen LogP contribution in [0.25, 0.3) is 10.8 Å². The lowest BCUT2D eigenvalue weighted by atomic mass is 9.97. The molecular formula is C13H9BrO2. The number of alkyl halides is 1. The van der Waals surface area contributed by atoms with Crippen molar-refractivity contribution in [1.82, 2.24) is 0 Å². The van der Waals surface area contributed by atoms with Gasteiger partial charge in [0.15, 0.2) is 5.78 Å². The minimum absolute atomic E-state index is 0.109. The summed E-state index contributed by atoms with van der Waals surface area (Å²) in [5.41, 5.74) is 0.700. The maximum atomic E-state index is 12.1. The van der Waals surface area contributed by atoms with Crippen LogP contribution in [0.1, 0.15) is 10.4 Å². The highest BCUT2D eigenvalue weighted by Gasteiger charge is 2.28. The first-order valence-electron chi connectivity index (χ1n) is 5.10. The lowest BCUT2D eigenvalue weighted by Crippen LogP contribution is -2.28. The van der Waals surface area contributed by atoms with E-state index in [1.807, 2.05) is 36.4 Å². The van der Waals surface area contributed by atoms with Crippen LogP contribution in [0.15, 0.2) is 36.4 Å². The summed E-state index contributed by atoms with van der Waals surface area (Å²) in [5, 5.41) is 2.04. The van der Waals surface area contributed by atoms with E-state index in [-0.39, 0.29) is 10.6 Å². The molecule has 0 saturated carbocycles. The molecule has 0 bridgehead atoms. The number of hydrogen-bond donors (Lipinski definition) is 0. The van der Waals surface area contributed by atoms with Gasteiger partial charge in [-0.2, -0.15) is 0 Å². The highest BCUT2D eigenvalue weighted by atomic mass is 79.9. The van der Waals surface area contributed by atoms with E-state index >= 15 is 0 Å². The van der Waals surface area contributed by atoms with Gasteiger partial charge in [0.2, 0.25) is 0 Å². The molecule has 0 unspecified atom stereocenters. The van der Waals surface area contributed by atoms with E-state index in [4.69, 9.17) is 4.74 Å². The lowest BCUT2D eigenvalue weighted by molar-refractivity contribution is 0.0948. The molecule has 0 saturated heterocycles. The molecule has 0 radical (unpaired) electrons.